The van der Waals surface area contributed by atoms with Crippen LogP contribution in [0.2, 0.25) is 10.0 Å². The van der Waals surface area contributed by atoms with Crippen LogP contribution in [-0.2, 0) is 11.8 Å². The zero-order chi connectivity index (χ0) is 22.2. The molecule has 1 amide bonds. The molecule has 30 heavy (non-hydrogen) atoms. The molecule has 6 nitrogen and oxygen atoms in total. The van der Waals surface area contributed by atoms with Crippen LogP contribution in [0.5, 0.6) is 0 Å². The molecule has 1 aromatic carbocycles. The quantitative estimate of drug-likeness (QED) is 0.455. The van der Waals surface area contributed by atoms with Gasteiger partial charge in [-0.25, -0.2) is 4.79 Å². The summed E-state index contributed by atoms with van der Waals surface area (Å²) in [5.74, 6) is -0.941. The molecule has 0 unspecified atom stereocenters. The Hall–Kier alpha value is -2.31. The number of Topliss-reactive ketones (excluding diaryl/α,β-unsaturated/α-hetero) is 1. The summed E-state index contributed by atoms with van der Waals surface area (Å²) in [5.41, 5.74) is 2.42. The predicted octanol–water partition coefficient (Wildman–Crippen LogP) is 4.61. The first-order chi connectivity index (χ1) is 14.2. The standard InChI is InChI=1S/C22H24Cl2N2O4/c1-5-30-22(29)20-12(2)19(13(3)25(20)4)18(27)11-26(15-7-8-15)21(28)14-6-9-16(23)17(24)10-14/h6,9-10,15H,5,7-8,11H2,1-4H3. The van der Waals surface area contributed by atoms with Crippen LogP contribution in [0.15, 0.2) is 18.2 Å². The van der Waals surface area contributed by atoms with Crippen molar-refractivity contribution in [2.75, 3.05) is 13.2 Å². The van der Waals surface area contributed by atoms with Crippen molar-refractivity contribution >= 4 is 40.9 Å². The highest BCUT2D eigenvalue weighted by molar-refractivity contribution is 6.42. The van der Waals surface area contributed by atoms with Crippen molar-refractivity contribution in [1.82, 2.24) is 9.47 Å². The summed E-state index contributed by atoms with van der Waals surface area (Å²) in [6, 6.07) is 4.71. The highest BCUT2D eigenvalue weighted by Crippen LogP contribution is 2.31. The number of benzene rings is 1. The molecule has 160 valence electrons. The van der Waals surface area contributed by atoms with E-state index in [1.54, 1.807) is 49.4 Å². The summed E-state index contributed by atoms with van der Waals surface area (Å²) in [6.07, 6.45) is 1.70. The average Bonchev–Trinajstić information content (AvgIpc) is 3.49. The van der Waals surface area contributed by atoms with Gasteiger partial charge in [-0.3, -0.25) is 9.59 Å². The number of halogens is 2. The van der Waals surface area contributed by atoms with Gasteiger partial charge in [-0.15, -0.1) is 0 Å². The maximum absolute atomic E-state index is 13.2. The van der Waals surface area contributed by atoms with Gasteiger partial charge in [0.15, 0.2) is 5.78 Å². The molecular formula is C22H24Cl2N2O4. The van der Waals surface area contributed by atoms with E-state index in [4.69, 9.17) is 27.9 Å². The fourth-order valence-electron chi connectivity index (χ4n) is 3.66. The molecule has 3 rings (SSSR count). The highest BCUT2D eigenvalue weighted by Gasteiger charge is 2.36. The number of carbonyl (C=O) groups is 3. The molecule has 0 spiro atoms. The van der Waals surface area contributed by atoms with Gasteiger partial charge < -0.3 is 14.2 Å². The maximum atomic E-state index is 13.2. The highest BCUT2D eigenvalue weighted by atomic mass is 35.5. The Morgan fingerprint density at radius 1 is 1.17 bits per heavy atom. The second kappa shape index (κ2) is 8.82. The zero-order valence-corrected chi connectivity index (χ0v) is 18.9. The van der Waals surface area contributed by atoms with E-state index in [0.717, 1.165) is 12.8 Å². The van der Waals surface area contributed by atoms with Gasteiger partial charge in [0, 0.05) is 29.9 Å². The Labute approximate surface area is 185 Å². The first kappa shape index (κ1) is 22.4. The van der Waals surface area contributed by atoms with Crippen molar-refractivity contribution < 1.29 is 19.1 Å². The number of hydrogen-bond acceptors (Lipinski definition) is 4. The van der Waals surface area contributed by atoms with Crippen LogP contribution in [0.3, 0.4) is 0 Å². The molecular weight excluding hydrogens is 427 g/mol. The number of amides is 1. The number of hydrogen-bond donors (Lipinski definition) is 0. The number of carbonyl (C=O) groups excluding carboxylic acids is 3. The Bertz CT molecular complexity index is 1020. The van der Waals surface area contributed by atoms with Crippen LogP contribution in [0.4, 0.5) is 0 Å². The molecule has 0 N–H and O–H groups in total. The van der Waals surface area contributed by atoms with Crippen LogP contribution in [0, 0.1) is 13.8 Å². The van der Waals surface area contributed by atoms with Crippen LogP contribution in [0.1, 0.15) is 62.2 Å². The third-order valence-corrected chi connectivity index (χ3v) is 6.15. The predicted molar refractivity (Wildman–Crippen MR) is 116 cm³/mol. The van der Waals surface area contributed by atoms with E-state index in [0.29, 0.717) is 38.1 Å². The summed E-state index contributed by atoms with van der Waals surface area (Å²) in [7, 11) is 1.73. The van der Waals surface area contributed by atoms with E-state index < -0.39 is 5.97 Å². The topological polar surface area (TPSA) is 68.6 Å². The lowest BCUT2D eigenvalue weighted by molar-refractivity contribution is 0.0514. The van der Waals surface area contributed by atoms with Crippen LogP contribution in [0.25, 0.3) is 0 Å². The third kappa shape index (κ3) is 4.25. The zero-order valence-electron chi connectivity index (χ0n) is 17.4. The van der Waals surface area contributed by atoms with Crippen LogP contribution < -0.4 is 0 Å². The van der Waals surface area contributed by atoms with Gasteiger partial charge in [0.25, 0.3) is 5.91 Å². The summed E-state index contributed by atoms with van der Waals surface area (Å²) < 4.78 is 6.79. The van der Waals surface area contributed by atoms with Gasteiger partial charge in [0.05, 0.1) is 23.2 Å². The van der Waals surface area contributed by atoms with Crippen LogP contribution in [-0.4, -0.2) is 46.3 Å². The Morgan fingerprint density at radius 3 is 2.40 bits per heavy atom. The van der Waals surface area contributed by atoms with E-state index in [-0.39, 0.29) is 30.9 Å². The van der Waals surface area contributed by atoms with Gasteiger partial charge in [-0.05, 0) is 57.4 Å². The van der Waals surface area contributed by atoms with Gasteiger partial charge in [-0.2, -0.15) is 0 Å². The van der Waals surface area contributed by atoms with E-state index in [2.05, 4.69) is 0 Å². The molecule has 8 heteroatoms. The first-order valence-electron chi connectivity index (χ1n) is 9.79. The van der Waals surface area contributed by atoms with Crippen molar-refractivity contribution in [2.24, 2.45) is 7.05 Å². The van der Waals surface area contributed by atoms with Crippen molar-refractivity contribution in [3.63, 3.8) is 0 Å². The molecule has 2 aromatic rings. The molecule has 0 aliphatic heterocycles. The number of esters is 1. The lowest BCUT2D eigenvalue weighted by Crippen LogP contribution is -2.37. The maximum Gasteiger partial charge on any atom is 0.355 e. The monoisotopic (exact) mass is 450 g/mol. The molecule has 1 saturated carbocycles. The van der Waals surface area contributed by atoms with Crippen LogP contribution >= 0.6 is 23.2 Å². The van der Waals surface area contributed by atoms with Gasteiger partial charge in [0.1, 0.15) is 5.69 Å². The SMILES string of the molecule is CCOC(=O)c1c(C)c(C(=O)CN(C(=O)c2ccc(Cl)c(Cl)c2)C2CC2)c(C)n1C. The number of nitrogens with zero attached hydrogens (tertiary/aromatic N) is 2. The molecule has 0 atom stereocenters. The fourth-order valence-corrected chi connectivity index (χ4v) is 3.96. The minimum Gasteiger partial charge on any atom is -0.461 e. The molecule has 0 saturated heterocycles. The average molecular weight is 451 g/mol. The molecule has 1 aliphatic rings. The number of ether oxygens (including phenoxy) is 1. The summed E-state index contributed by atoms with van der Waals surface area (Å²) in [5, 5.41) is 0.655. The number of aromatic nitrogens is 1. The van der Waals surface area contributed by atoms with E-state index in [9.17, 15) is 14.4 Å². The smallest absolute Gasteiger partial charge is 0.355 e. The van der Waals surface area contributed by atoms with Gasteiger partial charge >= 0.3 is 5.97 Å². The normalized spacial score (nSPS) is 13.3. The van der Waals surface area contributed by atoms with Crippen molar-refractivity contribution in [1.29, 1.82) is 0 Å². The number of rotatable bonds is 7. The van der Waals surface area contributed by atoms with Crippen molar-refractivity contribution in [3.8, 4) is 0 Å². The fraction of sp³-hybridized carbons (Fsp3) is 0.409. The second-order valence-electron chi connectivity index (χ2n) is 7.43. The first-order valence-corrected chi connectivity index (χ1v) is 10.5. The summed E-state index contributed by atoms with van der Waals surface area (Å²) in [4.78, 5) is 40.2. The molecule has 0 bridgehead atoms. The van der Waals surface area contributed by atoms with Gasteiger partial charge in [0.2, 0.25) is 0 Å². The van der Waals surface area contributed by atoms with E-state index in [1.165, 1.54) is 6.07 Å². The molecule has 0 radical (unpaired) electrons. The molecule has 1 aromatic heterocycles. The summed E-state index contributed by atoms with van der Waals surface area (Å²) in [6.45, 7) is 5.42. The summed E-state index contributed by atoms with van der Waals surface area (Å²) >= 11 is 12.0. The Kier molecular flexibility index (Phi) is 6.58. The molecule has 1 heterocycles. The minimum atomic E-state index is -0.467. The van der Waals surface area contributed by atoms with E-state index >= 15 is 0 Å². The lowest BCUT2D eigenvalue weighted by Gasteiger charge is -2.22. The second-order valence-corrected chi connectivity index (χ2v) is 8.24. The molecule has 1 fully saturated rings. The van der Waals surface area contributed by atoms with Crippen molar-refractivity contribution in [2.45, 2.75) is 39.7 Å². The third-order valence-electron chi connectivity index (χ3n) is 5.41. The number of ketones is 1. The minimum absolute atomic E-state index is 0.0183. The van der Waals surface area contributed by atoms with Crippen molar-refractivity contribution in [3.05, 3.63) is 56.3 Å². The van der Waals surface area contributed by atoms with E-state index in [1.807, 2.05) is 0 Å². The Morgan fingerprint density at radius 2 is 1.83 bits per heavy atom. The largest absolute Gasteiger partial charge is 0.461 e. The lowest BCUT2D eigenvalue weighted by atomic mass is 10.0. The molecule has 1 aliphatic carbocycles. The van der Waals surface area contributed by atoms with Gasteiger partial charge in [-0.1, -0.05) is 23.2 Å². The Balaban J connectivity index is 1.89.